The molecule has 18 heavy (non-hydrogen) atoms. The highest BCUT2D eigenvalue weighted by Gasteiger charge is 2.30. The second kappa shape index (κ2) is 4.33. The van der Waals surface area contributed by atoms with Crippen molar-refractivity contribution in [3.63, 3.8) is 0 Å². The molecule has 100 valence electrons. The van der Waals surface area contributed by atoms with Crippen LogP contribution in [0.15, 0.2) is 0 Å². The summed E-state index contributed by atoms with van der Waals surface area (Å²) in [6, 6.07) is 0. The molecule has 0 N–H and O–H groups in total. The number of rotatable bonds is 2. The molecule has 3 rings (SSSR count). The van der Waals surface area contributed by atoms with E-state index < -0.39 is 9.84 Å². The number of hydrogen-bond acceptors (Lipinski definition) is 4. The van der Waals surface area contributed by atoms with E-state index in [-0.39, 0.29) is 5.92 Å². The highest BCUT2D eigenvalue weighted by molar-refractivity contribution is 7.91. The van der Waals surface area contributed by atoms with Crippen molar-refractivity contribution in [3.05, 3.63) is 11.6 Å². The third-order valence-electron chi connectivity index (χ3n) is 4.06. The minimum absolute atomic E-state index is 0.237. The first-order chi connectivity index (χ1) is 8.53. The Morgan fingerprint density at radius 2 is 2.17 bits per heavy atom. The Morgan fingerprint density at radius 3 is 2.89 bits per heavy atom. The monoisotopic (exact) mass is 269 g/mol. The van der Waals surface area contributed by atoms with Gasteiger partial charge in [-0.3, -0.25) is 0 Å². The highest BCUT2D eigenvalue weighted by atomic mass is 32.2. The molecule has 2 aliphatic heterocycles. The lowest BCUT2D eigenvalue weighted by atomic mass is 10.0. The molecule has 2 aliphatic rings. The molecule has 5 nitrogen and oxygen atoms in total. The van der Waals surface area contributed by atoms with Gasteiger partial charge >= 0.3 is 0 Å². The van der Waals surface area contributed by atoms with Crippen LogP contribution < -0.4 is 0 Å². The SMILES string of the molecule is CC1CCc2nnc(CC3CCS(=O)(=O)C3)n2C1. The normalized spacial score (nSPS) is 30.3. The predicted octanol–water partition coefficient (Wildman–Crippen LogP) is 0.838. The molecule has 1 fully saturated rings. The van der Waals surface area contributed by atoms with E-state index in [0.717, 1.165) is 37.5 Å². The van der Waals surface area contributed by atoms with Crippen molar-refractivity contribution >= 4 is 9.84 Å². The maximum absolute atomic E-state index is 11.5. The number of nitrogens with zero attached hydrogens (tertiary/aromatic N) is 3. The second-order valence-electron chi connectivity index (χ2n) is 5.76. The van der Waals surface area contributed by atoms with Gasteiger partial charge < -0.3 is 4.57 Å². The van der Waals surface area contributed by atoms with Crippen LogP contribution in [0.1, 0.15) is 31.4 Å². The summed E-state index contributed by atoms with van der Waals surface area (Å²) in [5.74, 6) is 3.63. The fourth-order valence-corrected chi connectivity index (χ4v) is 4.85. The molecular formula is C12H19N3O2S. The van der Waals surface area contributed by atoms with Gasteiger partial charge in [0.1, 0.15) is 11.6 Å². The van der Waals surface area contributed by atoms with E-state index in [1.54, 1.807) is 0 Å². The molecule has 0 radical (unpaired) electrons. The molecule has 0 amide bonds. The average molecular weight is 269 g/mol. The van der Waals surface area contributed by atoms with Crippen LogP contribution in [0.4, 0.5) is 0 Å². The predicted molar refractivity (Wildman–Crippen MR) is 68.0 cm³/mol. The number of sulfone groups is 1. The first-order valence-corrected chi connectivity index (χ1v) is 8.47. The zero-order chi connectivity index (χ0) is 12.8. The lowest BCUT2D eigenvalue weighted by Crippen LogP contribution is -2.21. The number of aryl methyl sites for hydroxylation is 1. The van der Waals surface area contributed by atoms with Crippen LogP contribution in [0, 0.1) is 11.8 Å². The van der Waals surface area contributed by atoms with Crippen LogP contribution in [0.3, 0.4) is 0 Å². The second-order valence-corrected chi connectivity index (χ2v) is 7.99. The molecule has 0 bridgehead atoms. The van der Waals surface area contributed by atoms with Gasteiger partial charge in [0.2, 0.25) is 0 Å². The molecule has 2 unspecified atom stereocenters. The Morgan fingerprint density at radius 1 is 1.33 bits per heavy atom. The molecule has 0 aliphatic carbocycles. The maximum atomic E-state index is 11.5. The minimum Gasteiger partial charge on any atom is -0.315 e. The van der Waals surface area contributed by atoms with E-state index in [9.17, 15) is 8.42 Å². The first kappa shape index (κ1) is 12.1. The number of fused-ring (bicyclic) bond motifs is 1. The summed E-state index contributed by atoms with van der Waals surface area (Å²) in [7, 11) is -2.79. The van der Waals surface area contributed by atoms with E-state index in [4.69, 9.17) is 0 Å². The Labute approximate surface area is 108 Å². The van der Waals surface area contributed by atoms with Crippen LogP contribution in [0.5, 0.6) is 0 Å². The fraction of sp³-hybridized carbons (Fsp3) is 0.833. The molecule has 2 atom stereocenters. The van der Waals surface area contributed by atoms with Gasteiger partial charge in [0.05, 0.1) is 11.5 Å². The third kappa shape index (κ3) is 2.30. The average Bonchev–Trinajstić information content (AvgIpc) is 2.84. The Bertz CT molecular complexity index is 550. The van der Waals surface area contributed by atoms with Crippen molar-refractivity contribution in [2.45, 2.75) is 39.2 Å². The van der Waals surface area contributed by atoms with E-state index in [1.807, 2.05) is 0 Å². The smallest absolute Gasteiger partial charge is 0.150 e. The fourth-order valence-electron chi connectivity index (χ4n) is 2.99. The van der Waals surface area contributed by atoms with Crippen LogP contribution in [-0.4, -0.2) is 34.7 Å². The van der Waals surface area contributed by atoms with Crippen molar-refractivity contribution in [2.75, 3.05) is 11.5 Å². The van der Waals surface area contributed by atoms with Gasteiger partial charge in [-0.05, 0) is 24.7 Å². The van der Waals surface area contributed by atoms with Crippen molar-refractivity contribution < 1.29 is 8.42 Å². The van der Waals surface area contributed by atoms with Gasteiger partial charge in [0.25, 0.3) is 0 Å². The first-order valence-electron chi connectivity index (χ1n) is 6.65. The van der Waals surface area contributed by atoms with Crippen molar-refractivity contribution in [2.24, 2.45) is 11.8 Å². The third-order valence-corrected chi connectivity index (χ3v) is 5.89. The topological polar surface area (TPSA) is 64.8 Å². The molecule has 1 aromatic rings. The van der Waals surface area contributed by atoms with Crippen molar-refractivity contribution in [1.82, 2.24) is 14.8 Å². The molecule has 3 heterocycles. The number of aromatic nitrogens is 3. The van der Waals surface area contributed by atoms with Gasteiger partial charge in [-0.15, -0.1) is 10.2 Å². The van der Waals surface area contributed by atoms with Gasteiger partial charge in [-0.2, -0.15) is 0 Å². The van der Waals surface area contributed by atoms with Crippen LogP contribution in [-0.2, 0) is 29.2 Å². The Balaban J connectivity index is 1.76. The summed E-state index contributed by atoms with van der Waals surface area (Å²) in [6.45, 7) is 3.23. The van der Waals surface area contributed by atoms with Crippen LogP contribution in [0.25, 0.3) is 0 Å². The van der Waals surface area contributed by atoms with Crippen molar-refractivity contribution in [1.29, 1.82) is 0 Å². The molecule has 6 heteroatoms. The Hall–Kier alpha value is -0.910. The summed E-state index contributed by atoms with van der Waals surface area (Å²) in [5, 5.41) is 8.49. The zero-order valence-electron chi connectivity index (χ0n) is 10.7. The van der Waals surface area contributed by atoms with E-state index in [0.29, 0.717) is 17.4 Å². The lowest BCUT2D eigenvalue weighted by molar-refractivity contribution is 0.381. The molecule has 0 aromatic carbocycles. The highest BCUT2D eigenvalue weighted by Crippen LogP contribution is 2.25. The summed E-state index contributed by atoms with van der Waals surface area (Å²) in [6.07, 6.45) is 3.71. The molecule has 0 spiro atoms. The van der Waals surface area contributed by atoms with Gasteiger partial charge in [-0.1, -0.05) is 6.92 Å². The van der Waals surface area contributed by atoms with E-state index in [1.165, 1.54) is 6.42 Å². The molecule has 1 saturated heterocycles. The summed E-state index contributed by atoms with van der Waals surface area (Å²) in [5.41, 5.74) is 0. The van der Waals surface area contributed by atoms with E-state index >= 15 is 0 Å². The maximum Gasteiger partial charge on any atom is 0.150 e. The summed E-state index contributed by atoms with van der Waals surface area (Å²) < 4.78 is 25.1. The number of hydrogen-bond donors (Lipinski definition) is 0. The molecule has 1 aromatic heterocycles. The largest absolute Gasteiger partial charge is 0.315 e. The van der Waals surface area contributed by atoms with Gasteiger partial charge in [-0.25, -0.2) is 8.42 Å². The van der Waals surface area contributed by atoms with Gasteiger partial charge in [0, 0.05) is 19.4 Å². The van der Waals surface area contributed by atoms with E-state index in [2.05, 4.69) is 21.7 Å². The zero-order valence-corrected chi connectivity index (χ0v) is 11.5. The lowest BCUT2D eigenvalue weighted by Gasteiger charge is -2.21. The molecule has 0 saturated carbocycles. The quantitative estimate of drug-likeness (QED) is 0.798. The van der Waals surface area contributed by atoms with Crippen molar-refractivity contribution in [3.8, 4) is 0 Å². The summed E-state index contributed by atoms with van der Waals surface area (Å²) >= 11 is 0. The minimum atomic E-state index is -2.79. The standard InChI is InChI=1S/C12H19N3O2S/c1-9-2-3-11-13-14-12(15(11)7-9)6-10-4-5-18(16,17)8-10/h9-10H,2-8H2,1H3. The Kier molecular flexibility index (Phi) is 2.92. The van der Waals surface area contributed by atoms with Crippen LogP contribution in [0.2, 0.25) is 0 Å². The summed E-state index contributed by atoms with van der Waals surface area (Å²) in [4.78, 5) is 0. The van der Waals surface area contributed by atoms with Crippen LogP contribution >= 0.6 is 0 Å². The van der Waals surface area contributed by atoms with Gasteiger partial charge in [0.15, 0.2) is 9.84 Å². The molecular weight excluding hydrogens is 250 g/mol.